The molecule has 1 aromatic carbocycles. The molecule has 3 rings (SSSR count). The fraction of sp³-hybridized carbons (Fsp3) is 0.450. The number of aliphatic hydroxyl groups is 1. The molecule has 1 N–H and O–H groups in total. The number of halogens is 1. The monoisotopic (exact) mass is 373 g/mol. The van der Waals surface area contributed by atoms with Crippen molar-refractivity contribution >= 4 is 11.3 Å². The lowest BCUT2D eigenvalue weighted by Crippen LogP contribution is -2.42. The highest BCUT2D eigenvalue weighted by atomic mass is 32.1. The van der Waals surface area contributed by atoms with Crippen molar-refractivity contribution < 1.29 is 9.50 Å². The van der Waals surface area contributed by atoms with E-state index in [0.717, 1.165) is 10.7 Å². The van der Waals surface area contributed by atoms with Crippen molar-refractivity contribution in [2.75, 3.05) is 26.7 Å². The third kappa shape index (κ3) is 4.49. The molecule has 4 nitrogen and oxygen atoms in total. The van der Waals surface area contributed by atoms with Gasteiger partial charge in [0, 0.05) is 30.6 Å². The fourth-order valence-electron chi connectivity index (χ4n) is 3.24. The van der Waals surface area contributed by atoms with Gasteiger partial charge in [0.25, 0.3) is 0 Å². The number of likely N-dealkylation sites (tertiary alicyclic amines) is 1. The Morgan fingerprint density at radius 1 is 1.38 bits per heavy atom. The van der Waals surface area contributed by atoms with Crippen LogP contribution in [0.5, 0.6) is 0 Å². The summed E-state index contributed by atoms with van der Waals surface area (Å²) >= 11 is 1.56. The molecule has 0 atom stereocenters. The van der Waals surface area contributed by atoms with Crippen LogP contribution in [0.3, 0.4) is 0 Å². The first kappa shape index (κ1) is 19.0. The quantitative estimate of drug-likeness (QED) is 0.791. The van der Waals surface area contributed by atoms with Gasteiger partial charge >= 0.3 is 0 Å². The molecule has 26 heavy (non-hydrogen) atoms. The zero-order valence-electron chi connectivity index (χ0n) is 15.0. The highest BCUT2D eigenvalue weighted by Crippen LogP contribution is 2.34. The van der Waals surface area contributed by atoms with E-state index in [1.54, 1.807) is 17.4 Å². The minimum absolute atomic E-state index is 0.173. The van der Waals surface area contributed by atoms with Crippen LogP contribution >= 0.6 is 11.3 Å². The lowest BCUT2D eigenvalue weighted by atomic mass is 9.88. The Morgan fingerprint density at radius 2 is 2.12 bits per heavy atom. The molecule has 1 fully saturated rings. The largest absolute Gasteiger partial charge is 0.383 e. The number of thiazole rings is 1. The molecular formula is C20H24FN3OS. The first-order valence-corrected chi connectivity index (χ1v) is 9.63. The smallest absolute Gasteiger partial charge is 0.127 e. The Kier molecular flexibility index (Phi) is 6.05. The van der Waals surface area contributed by atoms with Crippen molar-refractivity contribution in [3.63, 3.8) is 0 Å². The Morgan fingerprint density at radius 3 is 2.81 bits per heavy atom. The predicted octanol–water partition coefficient (Wildman–Crippen LogP) is 2.83. The Labute approximate surface area is 158 Å². The molecule has 0 spiro atoms. The first-order valence-electron chi connectivity index (χ1n) is 8.75. The maximum Gasteiger partial charge on any atom is 0.127 e. The predicted molar refractivity (Wildman–Crippen MR) is 102 cm³/mol. The third-order valence-electron chi connectivity index (χ3n) is 4.83. The lowest BCUT2D eigenvalue weighted by molar-refractivity contribution is -0.0309. The normalized spacial score (nSPS) is 17.3. The molecule has 1 saturated heterocycles. The van der Waals surface area contributed by atoms with Gasteiger partial charge in [0.15, 0.2) is 0 Å². The third-order valence-corrected chi connectivity index (χ3v) is 5.66. The van der Waals surface area contributed by atoms with Crippen LogP contribution in [0.15, 0.2) is 29.6 Å². The minimum Gasteiger partial charge on any atom is -0.383 e. The zero-order chi connectivity index (χ0) is 18.6. The molecule has 1 aromatic heterocycles. The Balaban J connectivity index is 1.59. The standard InChI is InChI=1S/C20H24FN3OS/c1-3-10-23(2)14-19-22-18(15-26-19)20(25)8-11-24(12-9-20)13-16-6-4-5-7-17(16)21/h1,4-7,15,25H,8-14H2,2H3. The van der Waals surface area contributed by atoms with Crippen LogP contribution in [0.2, 0.25) is 0 Å². The van der Waals surface area contributed by atoms with Crippen LogP contribution in [0.1, 0.15) is 29.1 Å². The zero-order valence-corrected chi connectivity index (χ0v) is 15.8. The van der Waals surface area contributed by atoms with Crippen molar-refractivity contribution in [2.45, 2.75) is 31.5 Å². The van der Waals surface area contributed by atoms with Crippen LogP contribution in [-0.2, 0) is 18.7 Å². The summed E-state index contributed by atoms with van der Waals surface area (Å²) in [5.74, 6) is 2.44. The number of benzene rings is 1. The number of nitrogens with zero attached hydrogens (tertiary/aromatic N) is 3. The Bertz CT molecular complexity index is 777. The summed E-state index contributed by atoms with van der Waals surface area (Å²) in [4.78, 5) is 8.83. The maximum atomic E-state index is 13.8. The molecule has 0 bridgehead atoms. The van der Waals surface area contributed by atoms with Crippen LogP contribution in [-0.4, -0.2) is 46.6 Å². The molecule has 0 saturated carbocycles. The number of piperidine rings is 1. The van der Waals surface area contributed by atoms with Gasteiger partial charge in [-0.3, -0.25) is 9.80 Å². The van der Waals surface area contributed by atoms with Crippen molar-refractivity contribution in [3.8, 4) is 12.3 Å². The molecule has 0 aliphatic carbocycles. The van der Waals surface area contributed by atoms with E-state index in [9.17, 15) is 9.50 Å². The molecule has 2 aromatic rings. The van der Waals surface area contributed by atoms with E-state index in [1.165, 1.54) is 6.07 Å². The number of aromatic nitrogens is 1. The summed E-state index contributed by atoms with van der Waals surface area (Å²) in [7, 11) is 1.96. The second-order valence-corrected chi connectivity index (χ2v) is 7.84. The molecule has 1 aliphatic heterocycles. The first-order chi connectivity index (χ1) is 12.5. The van der Waals surface area contributed by atoms with Gasteiger partial charge in [-0.25, -0.2) is 9.37 Å². The summed E-state index contributed by atoms with van der Waals surface area (Å²) in [6.07, 6.45) is 6.53. The molecule has 0 radical (unpaired) electrons. The van der Waals surface area contributed by atoms with Crippen LogP contribution in [0.4, 0.5) is 4.39 Å². The SMILES string of the molecule is C#CCN(C)Cc1nc(C2(O)CCN(Cc3ccccc3F)CC2)cs1. The minimum atomic E-state index is -0.898. The molecular weight excluding hydrogens is 349 g/mol. The summed E-state index contributed by atoms with van der Waals surface area (Å²) in [6, 6.07) is 6.86. The number of terminal acetylenes is 1. The molecule has 138 valence electrons. The summed E-state index contributed by atoms with van der Waals surface area (Å²) in [5, 5.41) is 13.9. The van der Waals surface area contributed by atoms with Gasteiger partial charge in [-0.05, 0) is 26.0 Å². The van der Waals surface area contributed by atoms with Crippen molar-refractivity contribution in [2.24, 2.45) is 0 Å². The number of hydrogen-bond donors (Lipinski definition) is 1. The van der Waals surface area contributed by atoms with E-state index in [2.05, 4.69) is 15.8 Å². The van der Waals surface area contributed by atoms with E-state index in [4.69, 9.17) is 6.42 Å². The van der Waals surface area contributed by atoms with E-state index < -0.39 is 5.60 Å². The second-order valence-electron chi connectivity index (χ2n) is 6.90. The van der Waals surface area contributed by atoms with Crippen LogP contribution in [0.25, 0.3) is 0 Å². The van der Waals surface area contributed by atoms with Gasteiger partial charge in [-0.15, -0.1) is 17.8 Å². The maximum absolute atomic E-state index is 13.8. The topological polar surface area (TPSA) is 39.6 Å². The molecule has 2 heterocycles. The highest BCUT2D eigenvalue weighted by molar-refractivity contribution is 7.09. The average Bonchev–Trinajstić information content (AvgIpc) is 3.08. The van der Waals surface area contributed by atoms with Gasteiger partial charge in [-0.2, -0.15) is 0 Å². The second kappa shape index (κ2) is 8.28. The fourth-order valence-corrected chi connectivity index (χ4v) is 4.21. The number of rotatable bonds is 6. The van der Waals surface area contributed by atoms with E-state index in [1.807, 2.05) is 29.5 Å². The average molecular weight is 373 g/mol. The molecule has 1 aliphatic rings. The Hall–Kier alpha value is -1.78. The van der Waals surface area contributed by atoms with Crippen LogP contribution in [0, 0.1) is 18.2 Å². The molecule has 0 unspecified atom stereocenters. The van der Waals surface area contributed by atoms with Crippen LogP contribution < -0.4 is 0 Å². The highest BCUT2D eigenvalue weighted by Gasteiger charge is 2.36. The number of hydrogen-bond acceptors (Lipinski definition) is 5. The van der Waals surface area contributed by atoms with E-state index in [-0.39, 0.29) is 5.82 Å². The van der Waals surface area contributed by atoms with Gasteiger partial charge in [-0.1, -0.05) is 24.1 Å². The van der Waals surface area contributed by atoms with Gasteiger partial charge in [0.05, 0.1) is 18.8 Å². The summed E-state index contributed by atoms with van der Waals surface area (Å²) < 4.78 is 13.8. The molecule has 0 amide bonds. The van der Waals surface area contributed by atoms with E-state index >= 15 is 0 Å². The van der Waals surface area contributed by atoms with Crippen molar-refractivity contribution in [1.29, 1.82) is 0 Å². The van der Waals surface area contributed by atoms with Crippen molar-refractivity contribution in [3.05, 3.63) is 51.7 Å². The summed E-state index contributed by atoms with van der Waals surface area (Å²) in [6.45, 7) is 3.26. The van der Waals surface area contributed by atoms with Gasteiger partial charge < -0.3 is 5.11 Å². The van der Waals surface area contributed by atoms with Crippen molar-refractivity contribution in [1.82, 2.24) is 14.8 Å². The summed E-state index contributed by atoms with van der Waals surface area (Å²) in [5.41, 5.74) is 0.549. The van der Waals surface area contributed by atoms with E-state index in [0.29, 0.717) is 51.1 Å². The van der Waals surface area contributed by atoms with Gasteiger partial charge in [0.2, 0.25) is 0 Å². The van der Waals surface area contributed by atoms with Gasteiger partial charge in [0.1, 0.15) is 16.4 Å². The lowest BCUT2D eigenvalue weighted by Gasteiger charge is -2.37. The molecule has 6 heteroatoms.